The normalized spacial score (nSPS) is 15.5. The smallest absolute Gasteiger partial charge is 0.231 e. The molecule has 3 nitrogen and oxygen atoms in total. The number of rotatable bonds is 2. The van der Waals surface area contributed by atoms with Crippen LogP contribution in [-0.2, 0) is 6.42 Å². The van der Waals surface area contributed by atoms with Gasteiger partial charge in [-0.1, -0.05) is 18.5 Å². The molecule has 1 aromatic carbocycles. The van der Waals surface area contributed by atoms with Gasteiger partial charge < -0.3 is 15.2 Å². The van der Waals surface area contributed by atoms with Crippen LogP contribution in [0.1, 0.15) is 31.0 Å². The van der Waals surface area contributed by atoms with E-state index < -0.39 is 0 Å². The van der Waals surface area contributed by atoms with Gasteiger partial charge in [0.05, 0.1) is 5.02 Å². The lowest BCUT2D eigenvalue weighted by Crippen LogP contribution is -2.08. The molecule has 1 aliphatic rings. The lowest BCUT2D eigenvalue weighted by Gasteiger charge is -2.14. The second kappa shape index (κ2) is 3.91. The maximum atomic E-state index is 6.24. The number of nitrogens with two attached hydrogens (primary N) is 1. The van der Waals surface area contributed by atoms with Crippen molar-refractivity contribution in [3.63, 3.8) is 0 Å². The zero-order chi connectivity index (χ0) is 11.0. The topological polar surface area (TPSA) is 44.5 Å². The second-order valence-electron chi connectivity index (χ2n) is 3.63. The van der Waals surface area contributed by atoms with Crippen molar-refractivity contribution in [1.82, 2.24) is 0 Å². The van der Waals surface area contributed by atoms with Crippen LogP contribution in [0.4, 0.5) is 0 Å². The van der Waals surface area contributed by atoms with Gasteiger partial charge in [-0.25, -0.2) is 0 Å². The number of benzene rings is 1. The molecule has 15 heavy (non-hydrogen) atoms. The molecule has 0 aliphatic carbocycles. The molecular weight excluding hydrogens is 214 g/mol. The lowest BCUT2D eigenvalue weighted by atomic mass is 9.99. The summed E-state index contributed by atoms with van der Waals surface area (Å²) < 4.78 is 10.6. The summed E-state index contributed by atoms with van der Waals surface area (Å²) in [5.74, 6) is 1.35. The van der Waals surface area contributed by atoms with Crippen LogP contribution in [0.15, 0.2) is 6.07 Å². The van der Waals surface area contributed by atoms with Gasteiger partial charge in [0.15, 0.2) is 11.5 Å². The van der Waals surface area contributed by atoms with Gasteiger partial charge in [-0.05, 0) is 30.5 Å². The van der Waals surface area contributed by atoms with Crippen LogP contribution in [0.25, 0.3) is 0 Å². The minimum absolute atomic E-state index is 0.0491. The van der Waals surface area contributed by atoms with Crippen LogP contribution in [0.2, 0.25) is 5.02 Å². The van der Waals surface area contributed by atoms with E-state index in [9.17, 15) is 0 Å². The van der Waals surface area contributed by atoms with Crippen LogP contribution >= 0.6 is 11.6 Å². The van der Waals surface area contributed by atoms with Crippen molar-refractivity contribution < 1.29 is 9.47 Å². The summed E-state index contributed by atoms with van der Waals surface area (Å²) in [5.41, 5.74) is 7.98. The van der Waals surface area contributed by atoms with Gasteiger partial charge in [0.1, 0.15) is 0 Å². The first-order valence-electron chi connectivity index (χ1n) is 5.01. The summed E-state index contributed by atoms with van der Waals surface area (Å²) in [5, 5.41) is 0.639. The first-order valence-corrected chi connectivity index (χ1v) is 5.39. The Morgan fingerprint density at radius 1 is 1.53 bits per heavy atom. The van der Waals surface area contributed by atoms with Gasteiger partial charge in [0.2, 0.25) is 6.79 Å². The van der Waals surface area contributed by atoms with Crippen LogP contribution in [0.5, 0.6) is 11.5 Å². The highest BCUT2D eigenvalue weighted by Crippen LogP contribution is 2.43. The number of ether oxygens (including phenoxy) is 2. The highest BCUT2D eigenvalue weighted by molar-refractivity contribution is 6.33. The molecule has 0 radical (unpaired) electrons. The Balaban J connectivity index is 2.61. The Labute approximate surface area is 94.1 Å². The fraction of sp³-hybridized carbons (Fsp3) is 0.455. The van der Waals surface area contributed by atoms with Crippen LogP contribution in [-0.4, -0.2) is 6.79 Å². The number of hydrogen-bond acceptors (Lipinski definition) is 3. The molecular formula is C11H14ClNO2. The standard InChI is InChI=1S/C11H14ClNO2/c1-3-7-8(6(2)13)4-9-11(10(7)12)15-5-14-9/h4,6H,3,5,13H2,1-2H3. The molecule has 4 heteroatoms. The van der Waals surface area contributed by atoms with Crippen molar-refractivity contribution in [2.24, 2.45) is 5.73 Å². The first kappa shape index (κ1) is 10.6. The summed E-state index contributed by atoms with van der Waals surface area (Å²) >= 11 is 6.24. The molecule has 0 aromatic heterocycles. The van der Waals surface area contributed by atoms with E-state index in [0.29, 0.717) is 16.5 Å². The Bertz CT molecular complexity index is 391. The van der Waals surface area contributed by atoms with E-state index in [-0.39, 0.29) is 12.8 Å². The molecule has 82 valence electrons. The molecule has 0 bridgehead atoms. The van der Waals surface area contributed by atoms with Gasteiger partial charge in [0, 0.05) is 6.04 Å². The average Bonchev–Trinajstić information content (AvgIpc) is 2.65. The Morgan fingerprint density at radius 3 is 2.87 bits per heavy atom. The predicted molar refractivity (Wildman–Crippen MR) is 59.6 cm³/mol. The van der Waals surface area contributed by atoms with E-state index in [4.69, 9.17) is 26.8 Å². The predicted octanol–water partition coefficient (Wildman–Crippen LogP) is 2.65. The van der Waals surface area contributed by atoms with E-state index in [2.05, 4.69) is 6.92 Å². The average molecular weight is 228 g/mol. The first-order chi connectivity index (χ1) is 7.15. The minimum atomic E-state index is -0.0491. The van der Waals surface area contributed by atoms with E-state index >= 15 is 0 Å². The number of hydrogen-bond donors (Lipinski definition) is 1. The monoisotopic (exact) mass is 227 g/mol. The molecule has 0 fully saturated rings. The van der Waals surface area contributed by atoms with Crippen molar-refractivity contribution in [3.05, 3.63) is 22.2 Å². The van der Waals surface area contributed by atoms with Gasteiger partial charge >= 0.3 is 0 Å². The second-order valence-corrected chi connectivity index (χ2v) is 4.01. The summed E-state index contributed by atoms with van der Waals surface area (Å²) in [4.78, 5) is 0. The molecule has 2 rings (SSSR count). The molecule has 1 atom stereocenters. The van der Waals surface area contributed by atoms with Gasteiger partial charge in [0.25, 0.3) is 0 Å². The van der Waals surface area contributed by atoms with Crippen LogP contribution < -0.4 is 15.2 Å². The van der Waals surface area contributed by atoms with E-state index in [0.717, 1.165) is 17.5 Å². The van der Waals surface area contributed by atoms with Crippen molar-refractivity contribution >= 4 is 11.6 Å². The van der Waals surface area contributed by atoms with Gasteiger partial charge in [-0.2, -0.15) is 0 Å². The number of halogens is 1. The van der Waals surface area contributed by atoms with Crippen molar-refractivity contribution in [1.29, 1.82) is 0 Å². The summed E-state index contributed by atoms with van der Waals surface area (Å²) in [7, 11) is 0. The largest absolute Gasteiger partial charge is 0.454 e. The third kappa shape index (κ3) is 1.66. The van der Waals surface area contributed by atoms with E-state index in [1.54, 1.807) is 0 Å². The van der Waals surface area contributed by atoms with Crippen LogP contribution in [0, 0.1) is 0 Å². The molecule has 1 heterocycles. The Kier molecular flexibility index (Phi) is 2.76. The molecule has 1 aliphatic heterocycles. The minimum Gasteiger partial charge on any atom is -0.454 e. The zero-order valence-electron chi connectivity index (χ0n) is 8.84. The van der Waals surface area contributed by atoms with E-state index in [1.807, 2.05) is 13.0 Å². The molecule has 0 amide bonds. The highest BCUT2D eigenvalue weighted by atomic mass is 35.5. The Morgan fingerprint density at radius 2 is 2.27 bits per heavy atom. The molecule has 0 saturated carbocycles. The fourth-order valence-corrected chi connectivity index (χ4v) is 2.22. The van der Waals surface area contributed by atoms with Crippen molar-refractivity contribution in [3.8, 4) is 11.5 Å². The Hall–Kier alpha value is -0.930. The van der Waals surface area contributed by atoms with E-state index in [1.165, 1.54) is 0 Å². The third-order valence-corrected chi connectivity index (χ3v) is 2.98. The molecule has 0 spiro atoms. The highest BCUT2D eigenvalue weighted by Gasteiger charge is 2.23. The fourth-order valence-electron chi connectivity index (χ4n) is 1.83. The number of fused-ring (bicyclic) bond motifs is 1. The van der Waals surface area contributed by atoms with Gasteiger partial charge in [-0.3, -0.25) is 0 Å². The maximum absolute atomic E-state index is 6.24. The quantitative estimate of drug-likeness (QED) is 0.845. The van der Waals surface area contributed by atoms with Crippen molar-refractivity contribution in [2.75, 3.05) is 6.79 Å². The SMILES string of the molecule is CCc1c(C(C)N)cc2c(c1Cl)OCO2. The summed E-state index contributed by atoms with van der Waals surface area (Å²) in [6.45, 7) is 4.23. The van der Waals surface area contributed by atoms with Crippen LogP contribution in [0.3, 0.4) is 0 Å². The molecule has 0 saturated heterocycles. The summed E-state index contributed by atoms with van der Waals surface area (Å²) in [6, 6.07) is 1.88. The molecule has 1 unspecified atom stereocenters. The summed E-state index contributed by atoms with van der Waals surface area (Å²) in [6.07, 6.45) is 0.840. The van der Waals surface area contributed by atoms with Gasteiger partial charge in [-0.15, -0.1) is 0 Å². The molecule has 1 aromatic rings. The third-order valence-electron chi connectivity index (χ3n) is 2.58. The lowest BCUT2D eigenvalue weighted by molar-refractivity contribution is 0.174. The maximum Gasteiger partial charge on any atom is 0.231 e. The molecule has 2 N–H and O–H groups in total. The van der Waals surface area contributed by atoms with Crippen molar-refractivity contribution in [2.45, 2.75) is 26.3 Å². The zero-order valence-corrected chi connectivity index (χ0v) is 9.60.